The van der Waals surface area contributed by atoms with Crippen LogP contribution < -0.4 is 0 Å². The second-order valence-corrected chi connectivity index (χ2v) is 13.3. The van der Waals surface area contributed by atoms with Gasteiger partial charge in [-0.1, -0.05) is 24.3 Å². The lowest BCUT2D eigenvalue weighted by Crippen LogP contribution is -2.57. The zero-order valence-electron chi connectivity index (χ0n) is 21.8. The number of benzene rings is 1. The summed E-state index contributed by atoms with van der Waals surface area (Å²) in [5.41, 5.74) is 1.69. The van der Waals surface area contributed by atoms with Crippen molar-refractivity contribution in [3.63, 3.8) is 0 Å². The minimum atomic E-state index is -0.276. The van der Waals surface area contributed by atoms with E-state index in [1.165, 1.54) is 21.3 Å². The fraction of sp³-hybridized carbons (Fsp3) is 0.786. The number of rotatable bonds is 6. The first-order valence-corrected chi connectivity index (χ1v) is 12.7. The van der Waals surface area contributed by atoms with Crippen LogP contribution in [0.1, 0.15) is 105 Å². The Morgan fingerprint density at radius 1 is 0.594 bits per heavy atom. The Kier molecular flexibility index (Phi) is 7.24. The lowest BCUT2D eigenvalue weighted by molar-refractivity contribution is -0.0132. The molecular weight excluding hydrogens is 396 g/mol. The summed E-state index contributed by atoms with van der Waals surface area (Å²) in [4.78, 5) is 0. The van der Waals surface area contributed by atoms with Crippen molar-refractivity contribution in [1.29, 1.82) is 0 Å². The third kappa shape index (κ3) is 5.75. The van der Waals surface area contributed by atoms with Crippen molar-refractivity contribution in [3.8, 4) is 0 Å². The predicted octanol–water partition coefficient (Wildman–Crippen LogP) is 7.09. The van der Waals surface area contributed by atoms with Crippen molar-refractivity contribution in [2.45, 2.75) is 129 Å². The Hall–Kier alpha value is -0.940. The van der Waals surface area contributed by atoms with Crippen LogP contribution in [0, 0.1) is 22.3 Å². The normalized spacial score (nSPS) is 26.3. The molecule has 2 aliphatic rings. The highest BCUT2D eigenvalue weighted by Crippen LogP contribution is 2.43. The van der Waals surface area contributed by atoms with Gasteiger partial charge in [0, 0.05) is 22.2 Å². The summed E-state index contributed by atoms with van der Waals surface area (Å²) in [6.45, 7) is 16.7. The second kappa shape index (κ2) is 9.02. The number of piperidine rings is 2. The monoisotopic (exact) mass is 442 g/mol. The third-order valence-electron chi connectivity index (χ3n) is 8.06. The molecule has 0 radical (unpaired) electrons. The molecule has 0 aliphatic carbocycles. The lowest BCUT2D eigenvalue weighted by atomic mass is 9.73. The van der Waals surface area contributed by atoms with E-state index in [4.69, 9.17) is 0 Å². The van der Waals surface area contributed by atoms with Crippen LogP contribution in [0.25, 0.3) is 0 Å². The molecule has 0 N–H and O–H groups in total. The fourth-order valence-corrected chi connectivity index (χ4v) is 6.96. The van der Waals surface area contributed by atoms with Crippen molar-refractivity contribution >= 4 is 0 Å². The molecule has 1 aromatic rings. The van der Waals surface area contributed by atoms with Gasteiger partial charge in [0.05, 0.1) is 0 Å². The molecule has 32 heavy (non-hydrogen) atoms. The Morgan fingerprint density at radius 2 is 0.844 bits per heavy atom. The van der Waals surface area contributed by atoms with Crippen LogP contribution in [-0.2, 0) is 12.8 Å². The Balaban J connectivity index is 1.51. The molecule has 3 rings (SSSR count). The smallest absolute Gasteiger partial charge is 0.00395 e. The molecule has 2 saturated heterocycles. The maximum Gasteiger partial charge on any atom is 0.00395 e. The number of nitrogens with zero attached hydrogens (tertiary/aromatic N) is 2. The van der Waals surface area contributed by atoms with Crippen molar-refractivity contribution < 1.29 is 0 Å². The van der Waals surface area contributed by atoms with Gasteiger partial charge in [0.2, 0.25) is 0 Å². The first-order valence-electron chi connectivity index (χ1n) is 12.7. The number of hydrogen-bond donors (Lipinski definition) is 0. The van der Waals surface area contributed by atoms with Crippen molar-refractivity contribution in [2.75, 3.05) is 0 Å². The largest absolute Gasteiger partial charge is 0.784 e. The van der Waals surface area contributed by atoms with Crippen LogP contribution in [0.4, 0.5) is 0 Å². The van der Waals surface area contributed by atoms with Crippen LogP contribution in [-0.4, -0.2) is 32.3 Å². The van der Waals surface area contributed by atoms with E-state index in [0.29, 0.717) is 11.8 Å². The van der Waals surface area contributed by atoms with E-state index in [1.807, 2.05) is 0 Å². The van der Waals surface area contributed by atoms with Crippen LogP contribution in [0.15, 0.2) is 24.3 Å². The quantitative estimate of drug-likeness (QED) is 0.472. The molecule has 0 unspecified atom stereocenters. The molecule has 0 bridgehead atoms. The minimum absolute atomic E-state index is 0.276. The highest BCUT2D eigenvalue weighted by molar-refractivity contribution is 5.23. The van der Waals surface area contributed by atoms with Crippen LogP contribution in [0.3, 0.4) is 0 Å². The first-order chi connectivity index (χ1) is 14.6. The SMILES string of the molecule is CC1(C)CC(CCc2ccc(CCC3CC(C)(C)N([O-])C(C)(C)C3)cc2)CC(C)(C)N1[O-]. The zero-order valence-corrected chi connectivity index (χ0v) is 21.8. The fourth-order valence-electron chi connectivity index (χ4n) is 6.96. The van der Waals surface area contributed by atoms with Crippen LogP contribution in [0.2, 0.25) is 0 Å². The summed E-state index contributed by atoms with van der Waals surface area (Å²) >= 11 is 0. The maximum absolute atomic E-state index is 12.6. The van der Waals surface area contributed by atoms with Gasteiger partial charge in [0.1, 0.15) is 0 Å². The van der Waals surface area contributed by atoms with E-state index in [1.54, 1.807) is 0 Å². The molecule has 0 amide bonds. The van der Waals surface area contributed by atoms with Gasteiger partial charge in [0.15, 0.2) is 0 Å². The summed E-state index contributed by atoms with van der Waals surface area (Å²) < 4.78 is 0. The lowest BCUT2D eigenvalue weighted by Gasteiger charge is -2.60. The topological polar surface area (TPSA) is 52.6 Å². The number of aryl methyl sites for hydroxylation is 2. The predicted molar refractivity (Wildman–Crippen MR) is 135 cm³/mol. The van der Waals surface area contributed by atoms with Crippen LogP contribution >= 0.6 is 0 Å². The van der Waals surface area contributed by atoms with E-state index >= 15 is 0 Å². The molecule has 0 spiro atoms. The third-order valence-corrected chi connectivity index (χ3v) is 8.06. The second-order valence-electron chi connectivity index (χ2n) is 13.3. The average Bonchev–Trinajstić information content (AvgIpc) is 2.67. The van der Waals surface area contributed by atoms with Gasteiger partial charge in [0.25, 0.3) is 0 Å². The molecule has 2 fully saturated rings. The van der Waals surface area contributed by atoms with Gasteiger partial charge >= 0.3 is 0 Å². The molecule has 0 aromatic heterocycles. The highest BCUT2D eigenvalue weighted by Gasteiger charge is 2.40. The molecule has 0 atom stereocenters. The van der Waals surface area contributed by atoms with E-state index in [-0.39, 0.29) is 22.2 Å². The molecule has 4 nitrogen and oxygen atoms in total. The van der Waals surface area contributed by atoms with E-state index in [9.17, 15) is 10.4 Å². The molecule has 0 saturated carbocycles. The van der Waals surface area contributed by atoms with Gasteiger partial charge in [-0.3, -0.25) is 0 Å². The summed E-state index contributed by atoms with van der Waals surface area (Å²) in [7, 11) is 0. The van der Waals surface area contributed by atoms with Crippen molar-refractivity contribution in [3.05, 3.63) is 45.8 Å². The Labute approximate surface area is 196 Å². The standard InChI is InChI=1S/C28H46N2O2/c1-25(2)17-23(18-26(3,4)29(25)31)15-13-21-9-11-22(12-10-21)14-16-24-19-27(5,6)30(32)28(7,8)20-24/h9-12,23-24H,13-20H2,1-8H3/q-2. The van der Waals surface area contributed by atoms with Crippen LogP contribution in [0.5, 0.6) is 0 Å². The molecular formula is C28H46N2O2-2. The summed E-state index contributed by atoms with van der Waals surface area (Å²) in [5.74, 6) is 1.20. The molecule has 182 valence electrons. The minimum Gasteiger partial charge on any atom is -0.784 e. The average molecular weight is 443 g/mol. The van der Waals surface area contributed by atoms with Gasteiger partial charge in [-0.15, -0.1) is 0 Å². The van der Waals surface area contributed by atoms with Crippen molar-refractivity contribution in [2.24, 2.45) is 11.8 Å². The Bertz CT molecular complexity index is 665. The Morgan fingerprint density at radius 3 is 1.09 bits per heavy atom. The van der Waals surface area contributed by atoms with Crippen molar-refractivity contribution in [1.82, 2.24) is 10.1 Å². The number of hydroxylamine groups is 4. The molecule has 4 heteroatoms. The summed E-state index contributed by atoms with van der Waals surface area (Å²) in [5, 5.41) is 27.8. The summed E-state index contributed by atoms with van der Waals surface area (Å²) in [6.07, 6.45) is 8.39. The number of hydrogen-bond acceptors (Lipinski definition) is 4. The molecule has 1 aromatic carbocycles. The van der Waals surface area contributed by atoms with E-state index < -0.39 is 0 Å². The summed E-state index contributed by atoms with van der Waals surface area (Å²) in [6, 6.07) is 9.18. The van der Waals surface area contributed by atoms with E-state index in [0.717, 1.165) is 51.4 Å². The van der Waals surface area contributed by atoms with Gasteiger partial charge in [-0.2, -0.15) is 0 Å². The maximum atomic E-state index is 12.6. The first kappa shape index (κ1) is 25.7. The van der Waals surface area contributed by atoms with E-state index in [2.05, 4.69) is 79.7 Å². The van der Waals surface area contributed by atoms with Gasteiger partial charge in [-0.25, -0.2) is 0 Å². The molecule has 2 aliphatic heterocycles. The zero-order chi connectivity index (χ0) is 23.9. The van der Waals surface area contributed by atoms with Gasteiger partial charge in [-0.05, 0) is 130 Å². The highest BCUT2D eigenvalue weighted by atomic mass is 16.5. The molecule has 2 heterocycles. The van der Waals surface area contributed by atoms with Gasteiger partial charge < -0.3 is 20.5 Å².